The summed E-state index contributed by atoms with van der Waals surface area (Å²) in [6, 6.07) is 13.2. The Morgan fingerprint density at radius 2 is 1.64 bits per heavy atom. The van der Waals surface area contributed by atoms with Crippen LogP contribution in [0.5, 0.6) is 11.5 Å². The number of carbonyl (C=O) groups is 1. The number of esters is 1. The van der Waals surface area contributed by atoms with Crippen molar-refractivity contribution in [3.8, 4) is 11.5 Å². The molecule has 0 saturated heterocycles. The van der Waals surface area contributed by atoms with Gasteiger partial charge in [0.2, 0.25) is 0 Å². The minimum Gasteiger partial charge on any atom is -0.496 e. The molecule has 0 heterocycles. The first-order valence-corrected chi connectivity index (χ1v) is 7.15. The van der Waals surface area contributed by atoms with Crippen LogP contribution in [0.1, 0.15) is 28.4 Å². The van der Waals surface area contributed by atoms with E-state index in [0.29, 0.717) is 24.3 Å². The van der Waals surface area contributed by atoms with Crippen molar-refractivity contribution < 1.29 is 19.0 Å². The highest BCUT2D eigenvalue weighted by molar-refractivity contribution is 5.90. The summed E-state index contributed by atoms with van der Waals surface area (Å²) in [4.78, 5) is 11.8. The van der Waals surface area contributed by atoms with Gasteiger partial charge in [-0.1, -0.05) is 24.3 Å². The largest absolute Gasteiger partial charge is 0.496 e. The van der Waals surface area contributed by atoms with E-state index < -0.39 is 0 Å². The Labute approximate surface area is 130 Å². The van der Waals surface area contributed by atoms with Crippen LogP contribution in [0.4, 0.5) is 0 Å². The van der Waals surface area contributed by atoms with Crippen molar-refractivity contribution in [1.82, 2.24) is 0 Å². The lowest BCUT2D eigenvalue weighted by atomic mass is 10.0. The van der Waals surface area contributed by atoms with E-state index >= 15 is 0 Å². The normalized spacial score (nSPS) is 10.1. The van der Waals surface area contributed by atoms with Crippen molar-refractivity contribution in [3.63, 3.8) is 0 Å². The predicted octanol–water partition coefficient (Wildman–Crippen LogP) is 3.47. The molecule has 2 aromatic rings. The van der Waals surface area contributed by atoms with Crippen LogP contribution in [0.25, 0.3) is 0 Å². The summed E-state index contributed by atoms with van der Waals surface area (Å²) in [5.41, 5.74) is 2.54. The van der Waals surface area contributed by atoms with E-state index in [1.54, 1.807) is 33.3 Å². The molecule has 0 atom stereocenters. The van der Waals surface area contributed by atoms with Crippen LogP contribution in [0.15, 0.2) is 42.5 Å². The molecule has 0 amide bonds. The molecule has 0 aliphatic heterocycles. The average molecular weight is 300 g/mol. The van der Waals surface area contributed by atoms with Crippen molar-refractivity contribution in [2.24, 2.45) is 0 Å². The van der Waals surface area contributed by atoms with Crippen LogP contribution in [-0.4, -0.2) is 26.8 Å². The number of hydrogen-bond donors (Lipinski definition) is 0. The summed E-state index contributed by atoms with van der Waals surface area (Å²) in [5, 5.41) is 0. The second kappa shape index (κ2) is 7.50. The minimum absolute atomic E-state index is 0.343. The maximum Gasteiger partial charge on any atom is 0.338 e. The highest BCUT2D eigenvalue weighted by atomic mass is 16.5. The zero-order valence-corrected chi connectivity index (χ0v) is 13.1. The number of hydrogen-bond acceptors (Lipinski definition) is 4. The van der Waals surface area contributed by atoms with Gasteiger partial charge in [-0.2, -0.15) is 0 Å². The molecule has 22 heavy (non-hydrogen) atoms. The third-order valence-corrected chi connectivity index (χ3v) is 3.37. The number of ether oxygens (including phenoxy) is 3. The Kier molecular flexibility index (Phi) is 5.42. The Morgan fingerprint density at radius 1 is 0.955 bits per heavy atom. The molecule has 0 saturated carbocycles. The summed E-state index contributed by atoms with van der Waals surface area (Å²) in [6.45, 7) is 2.13. The topological polar surface area (TPSA) is 44.8 Å². The lowest BCUT2D eigenvalue weighted by molar-refractivity contribution is 0.0526. The van der Waals surface area contributed by atoms with E-state index in [1.165, 1.54) is 0 Å². The second-order valence-corrected chi connectivity index (χ2v) is 4.74. The minimum atomic E-state index is -0.343. The molecule has 2 rings (SSSR count). The number of rotatable bonds is 6. The SMILES string of the molecule is CCOC(=O)c1ccc(Cc2ccccc2OC)c(OC)c1. The Morgan fingerprint density at radius 3 is 2.32 bits per heavy atom. The standard InChI is InChI=1S/C18H20O4/c1-4-22-18(19)15-10-9-14(17(12-15)21-3)11-13-7-5-6-8-16(13)20-2/h5-10,12H,4,11H2,1-3H3. The summed E-state index contributed by atoms with van der Waals surface area (Å²) in [7, 11) is 3.25. The molecule has 2 aromatic carbocycles. The molecule has 0 unspecified atom stereocenters. The van der Waals surface area contributed by atoms with E-state index in [2.05, 4.69) is 0 Å². The van der Waals surface area contributed by atoms with E-state index in [4.69, 9.17) is 14.2 Å². The summed E-state index contributed by atoms with van der Waals surface area (Å²) in [6.07, 6.45) is 0.663. The van der Waals surface area contributed by atoms with Gasteiger partial charge in [0.25, 0.3) is 0 Å². The average Bonchev–Trinajstić information content (AvgIpc) is 2.56. The van der Waals surface area contributed by atoms with Crippen LogP contribution >= 0.6 is 0 Å². The molecule has 0 spiro atoms. The van der Waals surface area contributed by atoms with E-state index in [0.717, 1.165) is 16.9 Å². The van der Waals surface area contributed by atoms with Crippen LogP contribution in [0.3, 0.4) is 0 Å². The predicted molar refractivity (Wildman–Crippen MR) is 84.8 cm³/mol. The molecule has 4 heteroatoms. The van der Waals surface area contributed by atoms with Gasteiger partial charge < -0.3 is 14.2 Å². The number of carbonyl (C=O) groups excluding carboxylic acids is 1. The smallest absolute Gasteiger partial charge is 0.338 e. The van der Waals surface area contributed by atoms with Crippen LogP contribution in [0.2, 0.25) is 0 Å². The van der Waals surface area contributed by atoms with E-state index in [-0.39, 0.29) is 5.97 Å². The molecule has 0 aliphatic carbocycles. The number of para-hydroxylation sites is 1. The van der Waals surface area contributed by atoms with Crippen molar-refractivity contribution >= 4 is 5.97 Å². The van der Waals surface area contributed by atoms with Crippen molar-refractivity contribution in [2.75, 3.05) is 20.8 Å². The highest BCUT2D eigenvalue weighted by Crippen LogP contribution is 2.27. The van der Waals surface area contributed by atoms with Crippen LogP contribution < -0.4 is 9.47 Å². The van der Waals surface area contributed by atoms with Gasteiger partial charge in [0.1, 0.15) is 11.5 Å². The third kappa shape index (κ3) is 3.58. The van der Waals surface area contributed by atoms with Gasteiger partial charge in [-0.3, -0.25) is 0 Å². The van der Waals surface area contributed by atoms with Gasteiger partial charge in [0.05, 0.1) is 26.4 Å². The van der Waals surface area contributed by atoms with Gasteiger partial charge in [0, 0.05) is 6.42 Å². The van der Waals surface area contributed by atoms with Gasteiger partial charge in [-0.25, -0.2) is 4.79 Å². The summed E-state index contributed by atoms with van der Waals surface area (Å²) >= 11 is 0. The zero-order valence-electron chi connectivity index (χ0n) is 13.1. The van der Waals surface area contributed by atoms with E-state index in [9.17, 15) is 4.79 Å². The number of benzene rings is 2. The van der Waals surface area contributed by atoms with Gasteiger partial charge >= 0.3 is 5.97 Å². The molecule has 4 nitrogen and oxygen atoms in total. The fraction of sp³-hybridized carbons (Fsp3) is 0.278. The lowest BCUT2D eigenvalue weighted by Crippen LogP contribution is -2.06. The fourth-order valence-corrected chi connectivity index (χ4v) is 2.29. The number of methoxy groups -OCH3 is 2. The maximum atomic E-state index is 11.8. The second-order valence-electron chi connectivity index (χ2n) is 4.74. The monoisotopic (exact) mass is 300 g/mol. The van der Waals surface area contributed by atoms with Gasteiger partial charge in [-0.15, -0.1) is 0 Å². The Hall–Kier alpha value is -2.49. The van der Waals surface area contributed by atoms with Crippen LogP contribution in [0, 0.1) is 0 Å². The molecule has 0 bridgehead atoms. The highest BCUT2D eigenvalue weighted by Gasteiger charge is 2.12. The molecular formula is C18H20O4. The quantitative estimate of drug-likeness (QED) is 0.766. The summed E-state index contributed by atoms with van der Waals surface area (Å²) in [5.74, 6) is 1.15. The molecular weight excluding hydrogens is 280 g/mol. The fourth-order valence-electron chi connectivity index (χ4n) is 2.29. The first-order chi connectivity index (χ1) is 10.7. The molecule has 0 fully saturated rings. The van der Waals surface area contributed by atoms with Crippen LogP contribution in [-0.2, 0) is 11.2 Å². The molecule has 0 aliphatic rings. The first-order valence-electron chi connectivity index (χ1n) is 7.15. The Bertz CT molecular complexity index is 649. The van der Waals surface area contributed by atoms with Gasteiger partial charge in [-0.05, 0) is 36.2 Å². The molecule has 116 valence electrons. The third-order valence-electron chi connectivity index (χ3n) is 3.37. The van der Waals surface area contributed by atoms with Crippen molar-refractivity contribution in [3.05, 3.63) is 59.2 Å². The maximum absolute atomic E-state index is 11.8. The summed E-state index contributed by atoms with van der Waals surface area (Å²) < 4.78 is 15.8. The van der Waals surface area contributed by atoms with Crippen molar-refractivity contribution in [1.29, 1.82) is 0 Å². The lowest BCUT2D eigenvalue weighted by Gasteiger charge is -2.12. The Balaban J connectivity index is 2.29. The van der Waals surface area contributed by atoms with Crippen molar-refractivity contribution in [2.45, 2.75) is 13.3 Å². The molecule has 0 N–H and O–H groups in total. The zero-order chi connectivity index (χ0) is 15.9. The first kappa shape index (κ1) is 15.9. The molecule has 0 aromatic heterocycles. The van der Waals surface area contributed by atoms with Gasteiger partial charge in [0.15, 0.2) is 0 Å². The molecule has 0 radical (unpaired) electrons. The van der Waals surface area contributed by atoms with E-state index in [1.807, 2.05) is 30.3 Å².